The Bertz CT molecular complexity index is 237. The minimum atomic E-state index is -4.21. The van der Waals surface area contributed by atoms with Gasteiger partial charge in [0.1, 0.15) is 0 Å². The molecule has 0 saturated heterocycles. The number of alkyl halides is 3. The van der Waals surface area contributed by atoms with Crippen LogP contribution in [0.1, 0.15) is 32.1 Å². The SMILES string of the molecule is CN(CCC(F)(F)F)C(=O)NC1CCCC1. The van der Waals surface area contributed by atoms with E-state index in [0.29, 0.717) is 0 Å². The van der Waals surface area contributed by atoms with Gasteiger partial charge in [-0.25, -0.2) is 4.79 Å². The zero-order valence-corrected chi connectivity index (χ0v) is 9.31. The third-order valence-electron chi connectivity index (χ3n) is 2.76. The highest BCUT2D eigenvalue weighted by Gasteiger charge is 2.28. The Hall–Kier alpha value is -0.940. The number of carbonyl (C=O) groups is 1. The van der Waals surface area contributed by atoms with E-state index in [1.807, 2.05) is 0 Å². The van der Waals surface area contributed by atoms with Gasteiger partial charge in [0.05, 0.1) is 6.42 Å². The highest BCUT2D eigenvalue weighted by molar-refractivity contribution is 5.74. The van der Waals surface area contributed by atoms with Crippen molar-refractivity contribution >= 4 is 6.03 Å². The van der Waals surface area contributed by atoms with E-state index < -0.39 is 18.6 Å². The summed E-state index contributed by atoms with van der Waals surface area (Å²) in [7, 11) is 1.38. The van der Waals surface area contributed by atoms with E-state index in [2.05, 4.69) is 5.32 Å². The normalized spacial score (nSPS) is 17.5. The second-order valence-electron chi connectivity index (χ2n) is 4.22. The summed E-state index contributed by atoms with van der Waals surface area (Å²) >= 11 is 0. The largest absolute Gasteiger partial charge is 0.390 e. The maximum absolute atomic E-state index is 11.9. The highest BCUT2D eigenvalue weighted by Crippen LogP contribution is 2.20. The van der Waals surface area contributed by atoms with E-state index in [-0.39, 0.29) is 12.6 Å². The van der Waals surface area contributed by atoms with Gasteiger partial charge in [-0.05, 0) is 12.8 Å². The summed E-state index contributed by atoms with van der Waals surface area (Å²) in [4.78, 5) is 12.6. The summed E-state index contributed by atoms with van der Waals surface area (Å²) in [5, 5.41) is 2.73. The van der Waals surface area contributed by atoms with E-state index in [0.717, 1.165) is 30.6 Å². The maximum atomic E-state index is 11.9. The smallest absolute Gasteiger partial charge is 0.335 e. The van der Waals surface area contributed by atoms with E-state index in [1.54, 1.807) is 0 Å². The Balaban J connectivity index is 2.24. The first-order valence-corrected chi connectivity index (χ1v) is 5.47. The van der Waals surface area contributed by atoms with E-state index >= 15 is 0 Å². The predicted octanol–water partition coefficient (Wildman–Crippen LogP) is 2.52. The van der Waals surface area contributed by atoms with Gasteiger partial charge >= 0.3 is 12.2 Å². The molecule has 1 aliphatic rings. The van der Waals surface area contributed by atoms with Crippen molar-refractivity contribution in [3.05, 3.63) is 0 Å². The summed E-state index contributed by atoms with van der Waals surface area (Å²) in [5.74, 6) is 0. The lowest BCUT2D eigenvalue weighted by Crippen LogP contribution is -2.43. The molecule has 16 heavy (non-hydrogen) atoms. The van der Waals surface area contributed by atoms with Crippen molar-refractivity contribution in [1.82, 2.24) is 10.2 Å². The lowest BCUT2D eigenvalue weighted by atomic mass is 10.2. The lowest BCUT2D eigenvalue weighted by Gasteiger charge is -2.21. The van der Waals surface area contributed by atoms with Crippen molar-refractivity contribution in [2.24, 2.45) is 0 Å². The minimum Gasteiger partial charge on any atom is -0.335 e. The molecule has 0 heterocycles. The van der Waals surface area contributed by atoms with Crippen molar-refractivity contribution in [3.63, 3.8) is 0 Å². The molecule has 6 heteroatoms. The molecule has 0 aromatic heterocycles. The Morgan fingerprint density at radius 2 is 1.94 bits per heavy atom. The summed E-state index contributed by atoms with van der Waals surface area (Å²) in [5.41, 5.74) is 0. The molecule has 2 amide bonds. The Morgan fingerprint density at radius 3 is 2.44 bits per heavy atom. The van der Waals surface area contributed by atoms with Crippen LogP contribution in [0.4, 0.5) is 18.0 Å². The molecule has 0 aromatic carbocycles. The van der Waals surface area contributed by atoms with E-state index in [4.69, 9.17) is 0 Å². The number of carbonyl (C=O) groups excluding carboxylic acids is 1. The number of halogens is 3. The molecule has 0 bridgehead atoms. The number of nitrogens with one attached hydrogen (secondary N) is 1. The van der Waals surface area contributed by atoms with Crippen molar-refractivity contribution < 1.29 is 18.0 Å². The molecule has 1 aliphatic carbocycles. The van der Waals surface area contributed by atoms with E-state index in [9.17, 15) is 18.0 Å². The molecule has 0 unspecified atom stereocenters. The number of urea groups is 1. The summed E-state index contributed by atoms with van der Waals surface area (Å²) < 4.78 is 35.8. The van der Waals surface area contributed by atoms with Crippen LogP contribution in [0.3, 0.4) is 0 Å². The summed E-state index contributed by atoms with van der Waals surface area (Å²) in [6, 6.07) is -0.267. The van der Waals surface area contributed by atoms with Crippen molar-refractivity contribution in [3.8, 4) is 0 Å². The average Bonchev–Trinajstić information content (AvgIpc) is 2.65. The molecule has 1 fully saturated rings. The molecular formula is C10H17F3N2O. The monoisotopic (exact) mass is 238 g/mol. The molecule has 1 N–H and O–H groups in total. The Labute approximate surface area is 93.0 Å². The molecular weight excluding hydrogens is 221 g/mol. The van der Waals surface area contributed by atoms with Crippen LogP contribution in [0.2, 0.25) is 0 Å². The van der Waals surface area contributed by atoms with Gasteiger partial charge < -0.3 is 10.2 Å². The molecule has 0 aromatic rings. The van der Waals surface area contributed by atoms with Crippen LogP contribution in [0.15, 0.2) is 0 Å². The standard InChI is InChI=1S/C10H17F3N2O/c1-15(7-6-10(11,12)13)9(16)14-8-4-2-3-5-8/h8H,2-7H2,1H3,(H,14,16). The molecule has 0 radical (unpaired) electrons. The number of nitrogens with zero attached hydrogens (tertiary/aromatic N) is 1. The van der Waals surface area contributed by atoms with Crippen LogP contribution in [-0.2, 0) is 0 Å². The third kappa shape index (κ3) is 4.72. The molecule has 3 nitrogen and oxygen atoms in total. The zero-order chi connectivity index (χ0) is 12.2. The fraction of sp³-hybridized carbons (Fsp3) is 0.900. The fourth-order valence-corrected chi connectivity index (χ4v) is 1.75. The average molecular weight is 238 g/mol. The van der Waals surface area contributed by atoms with Gasteiger partial charge in [0.25, 0.3) is 0 Å². The molecule has 0 atom stereocenters. The molecule has 0 spiro atoms. The van der Waals surface area contributed by atoms with Gasteiger partial charge in [0.15, 0.2) is 0 Å². The fourth-order valence-electron chi connectivity index (χ4n) is 1.75. The lowest BCUT2D eigenvalue weighted by molar-refractivity contribution is -0.136. The summed E-state index contributed by atoms with van der Waals surface area (Å²) in [6.07, 6.45) is -1.14. The van der Waals surface area contributed by atoms with Gasteiger partial charge in [-0.3, -0.25) is 0 Å². The van der Waals surface area contributed by atoms with Crippen molar-refractivity contribution in [2.45, 2.75) is 44.3 Å². The minimum absolute atomic E-state index is 0.140. The Morgan fingerprint density at radius 1 is 1.38 bits per heavy atom. The van der Waals surface area contributed by atoms with Crippen LogP contribution in [-0.4, -0.2) is 36.7 Å². The van der Waals surface area contributed by atoms with Gasteiger partial charge in [-0.1, -0.05) is 12.8 Å². The highest BCUT2D eigenvalue weighted by atomic mass is 19.4. The van der Waals surface area contributed by atoms with Gasteiger partial charge in [0, 0.05) is 19.6 Å². The summed E-state index contributed by atoms with van der Waals surface area (Å²) in [6.45, 7) is -0.290. The van der Waals surface area contributed by atoms with Gasteiger partial charge in [-0.2, -0.15) is 13.2 Å². The first-order chi connectivity index (χ1) is 7.38. The topological polar surface area (TPSA) is 32.3 Å². The Kier molecular flexibility index (Phi) is 4.44. The third-order valence-corrected chi connectivity index (χ3v) is 2.76. The number of rotatable bonds is 3. The van der Waals surface area contributed by atoms with Gasteiger partial charge in [-0.15, -0.1) is 0 Å². The molecule has 94 valence electrons. The predicted molar refractivity (Wildman–Crippen MR) is 54.1 cm³/mol. The van der Waals surface area contributed by atoms with Gasteiger partial charge in [0.2, 0.25) is 0 Å². The maximum Gasteiger partial charge on any atom is 0.390 e. The number of amides is 2. The first-order valence-electron chi connectivity index (χ1n) is 5.47. The first kappa shape index (κ1) is 13.1. The molecule has 1 saturated carbocycles. The molecule has 0 aliphatic heterocycles. The second kappa shape index (κ2) is 5.41. The number of hydrogen-bond donors (Lipinski definition) is 1. The van der Waals surface area contributed by atoms with Crippen LogP contribution >= 0.6 is 0 Å². The molecule has 1 rings (SSSR count). The van der Waals surface area contributed by atoms with Crippen LogP contribution in [0.25, 0.3) is 0 Å². The van der Waals surface area contributed by atoms with Crippen molar-refractivity contribution in [1.29, 1.82) is 0 Å². The van der Waals surface area contributed by atoms with Crippen molar-refractivity contribution in [2.75, 3.05) is 13.6 Å². The van der Waals surface area contributed by atoms with Crippen LogP contribution in [0, 0.1) is 0 Å². The van der Waals surface area contributed by atoms with E-state index in [1.165, 1.54) is 7.05 Å². The van der Waals surface area contributed by atoms with Crippen LogP contribution < -0.4 is 5.32 Å². The quantitative estimate of drug-likeness (QED) is 0.805. The second-order valence-corrected chi connectivity index (χ2v) is 4.22. The zero-order valence-electron chi connectivity index (χ0n) is 9.31. The van der Waals surface area contributed by atoms with Crippen LogP contribution in [0.5, 0.6) is 0 Å². The number of hydrogen-bond acceptors (Lipinski definition) is 1.